The summed E-state index contributed by atoms with van der Waals surface area (Å²) in [4.78, 5) is 3.32. The third-order valence-corrected chi connectivity index (χ3v) is 3.61. The van der Waals surface area contributed by atoms with Crippen molar-refractivity contribution in [2.75, 3.05) is 11.4 Å². The zero-order valence-corrected chi connectivity index (χ0v) is 10.9. The van der Waals surface area contributed by atoms with Gasteiger partial charge in [-0.3, -0.25) is 0 Å². The molecule has 0 aliphatic carbocycles. The van der Waals surface area contributed by atoms with Crippen molar-refractivity contribution >= 4 is 17.0 Å². The number of thiophene rings is 1. The molecular formula is C14H13FN2S. The molecular weight excluding hydrogens is 247 g/mol. The Bertz CT molecular complexity index is 558. The molecule has 2 rings (SSSR count). The van der Waals surface area contributed by atoms with Crippen LogP contribution in [0.4, 0.5) is 10.1 Å². The Morgan fingerprint density at radius 3 is 2.78 bits per heavy atom. The van der Waals surface area contributed by atoms with Crippen LogP contribution in [-0.4, -0.2) is 6.54 Å². The van der Waals surface area contributed by atoms with Gasteiger partial charge in [-0.2, -0.15) is 5.26 Å². The Morgan fingerprint density at radius 1 is 1.39 bits per heavy atom. The lowest BCUT2D eigenvalue weighted by Gasteiger charge is -2.22. The molecule has 92 valence electrons. The zero-order valence-electron chi connectivity index (χ0n) is 10.1. The number of nitrogens with zero attached hydrogens (tertiary/aromatic N) is 2. The summed E-state index contributed by atoms with van der Waals surface area (Å²) in [5.41, 5.74) is 0.897. The molecule has 0 spiro atoms. The fourth-order valence-corrected chi connectivity index (χ4v) is 2.49. The maximum atomic E-state index is 13.6. The number of halogens is 1. The van der Waals surface area contributed by atoms with E-state index in [1.807, 2.05) is 24.4 Å². The van der Waals surface area contributed by atoms with Crippen LogP contribution in [0.25, 0.3) is 0 Å². The van der Waals surface area contributed by atoms with E-state index in [1.165, 1.54) is 17.0 Å². The van der Waals surface area contributed by atoms with Crippen molar-refractivity contribution in [3.8, 4) is 6.07 Å². The molecule has 1 heterocycles. The Balaban J connectivity index is 2.23. The van der Waals surface area contributed by atoms with Gasteiger partial charge >= 0.3 is 0 Å². The van der Waals surface area contributed by atoms with Gasteiger partial charge in [-0.05, 0) is 36.6 Å². The van der Waals surface area contributed by atoms with Crippen LogP contribution in [-0.2, 0) is 6.54 Å². The summed E-state index contributed by atoms with van der Waals surface area (Å²) in [6.07, 6.45) is 0. The van der Waals surface area contributed by atoms with Crippen LogP contribution >= 0.6 is 11.3 Å². The highest BCUT2D eigenvalue weighted by molar-refractivity contribution is 7.09. The predicted octanol–water partition coefficient (Wildman–Crippen LogP) is 3.79. The van der Waals surface area contributed by atoms with E-state index >= 15 is 0 Å². The second-order valence-electron chi connectivity index (χ2n) is 3.87. The van der Waals surface area contributed by atoms with Crippen molar-refractivity contribution in [3.05, 3.63) is 52.0 Å². The molecule has 1 aromatic heterocycles. The lowest BCUT2D eigenvalue weighted by molar-refractivity contribution is 0.622. The molecule has 2 aromatic rings. The van der Waals surface area contributed by atoms with E-state index in [9.17, 15) is 4.39 Å². The minimum absolute atomic E-state index is 0.0888. The summed E-state index contributed by atoms with van der Waals surface area (Å²) >= 11 is 1.69. The molecule has 0 fully saturated rings. The van der Waals surface area contributed by atoms with Crippen LogP contribution in [0.1, 0.15) is 17.4 Å². The predicted molar refractivity (Wildman–Crippen MR) is 72.2 cm³/mol. The van der Waals surface area contributed by atoms with Crippen molar-refractivity contribution in [3.63, 3.8) is 0 Å². The standard InChI is InChI=1S/C14H13FN2S/c1-2-17(10-13-4-3-7-18-13)12-6-5-11(9-16)14(15)8-12/h3-8H,2,10H2,1H3. The SMILES string of the molecule is CCN(Cc1cccs1)c1ccc(C#N)c(F)c1. The number of anilines is 1. The Kier molecular flexibility index (Phi) is 3.96. The van der Waals surface area contributed by atoms with Crippen LogP contribution in [0.5, 0.6) is 0 Å². The van der Waals surface area contributed by atoms with E-state index in [2.05, 4.69) is 11.0 Å². The molecule has 0 N–H and O–H groups in total. The molecule has 1 aromatic carbocycles. The second kappa shape index (κ2) is 5.65. The normalized spacial score (nSPS) is 10.1. The number of nitriles is 1. The van der Waals surface area contributed by atoms with Crippen molar-refractivity contribution in [2.45, 2.75) is 13.5 Å². The third-order valence-electron chi connectivity index (χ3n) is 2.75. The van der Waals surface area contributed by atoms with Gasteiger partial charge in [0, 0.05) is 17.1 Å². The molecule has 4 heteroatoms. The number of benzene rings is 1. The average Bonchev–Trinajstić information content (AvgIpc) is 2.88. The largest absolute Gasteiger partial charge is 0.367 e. The smallest absolute Gasteiger partial charge is 0.143 e. The molecule has 0 saturated carbocycles. The van der Waals surface area contributed by atoms with Crippen LogP contribution in [0.3, 0.4) is 0 Å². The van der Waals surface area contributed by atoms with E-state index in [4.69, 9.17) is 5.26 Å². The Morgan fingerprint density at radius 2 is 2.22 bits per heavy atom. The van der Waals surface area contributed by atoms with Gasteiger partial charge in [0.05, 0.1) is 12.1 Å². The summed E-state index contributed by atoms with van der Waals surface area (Å²) in [7, 11) is 0. The molecule has 0 saturated heterocycles. The van der Waals surface area contributed by atoms with E-state index in [1.54, 1.807) is 17.4 Å². The number of hydrogen-bond acceptors (Lipinski definition) is 3. The first-order valence-corrected chi connectivity index (χ1v) is 6.59. The van der Waals surface area contributed by atoms with Gasteiger partial charge in [0.25, 0.3) is 0 Å². The lowest BCUT2D eigenvalue weighted by Crippen LogP contribution is -2.21. The van der Waals surface area contributed by atoms with Crippen LogP contribution in [0.2, 0.25) is 0 Å². The number of rotatable bonds is 4. The van der Waals surface area contributed by atoms with Crippen molar-refractivity contribution in [2.24, 2.45) is 0 Å². The monoisotopic (exact) mass is 260 g/mol. The number of hydrogen-bond donors (Lipinski definition) is 0. The van der Waals surface area contributed by atoms with Crippen LogP contribution < -0.4 is 4.90 Å². The maximum Gasteiger partial charge on any atom is 0.143 e. The van der Waals surface area contributed by atoms with Crippen LogP contribution in [0, 0.1) is 17.1 Å². The first kappa shape index (κ1) is 12.6. The first-order valence-electron chi connectivity index (χ1n) is 5.71. The quantitative estimate of drug-likeness (QED) is 0.836. The first-order chi connectivity index (χ1) is 8.74. The van der Waals surface area contributed by atoms with E-state index in [0.29, 0.717) is 0 Å². The van der Waals surface area contributed by atoms with Gasteiger partial charge in [-0.1, -0.05) is 6.07 Å². The van der Waals surface area contributed by atoms with E-state index in [-0.39, 0.29) is 5.56 Å². The van der Waals surface area contributed by atoms with E-state index < -0.39 is 5.82 Å². The topological polar surface area (TPSA) is 27.0 Å². The Labute approximate surface area is 110 Å². The van der Waals surface area contributed by atoms with Gasteiger partial charge in [0.15, 0.2) is 0 Å². The second-order valence-corrected chi connectivity index (χ2v) is 4.90. The van der Waals surface area contributed by atoms with Gasteiger partial charge in [0.2, 0.25) is 0 Å². The molecule has 0 radical (unpaired) electrons. The highest BCUT2D eigenvalue weighted by atomic mass is 32.1. The zero-order chi connectivity index (χ0) is 13.0. The van der Waals surface area contributed by atoms with Gasteiger partial charge in [0.1, 0.15) is 11.9 Å². The fraction of sp³-hybridized carbons (Fsp3) is 0.214. The van der Waals surface area contributed by atoms with Gasteiger partial charge < -0.3 is 4.90 Å². The lowest BCUT2D eigenvalue weighted by atomic mass is 10.2. The molecule has 0 aliphatic heterocycles. The molecule has 2 nitrogen and oxygen atoms in total. The minimum Gasteiger partial charge on any atom is -0.367 e. The molecule has 18 heavy (non-hydrogen) atoms. The third kappa shape index (κ3) is 2.69. The van der Waals surface area contributed by atoms with Crippen molar-refractivity contribution < 1.29 is 4.39 Å². The summed E-state index contributed by atoms with van der Waals surface area (Å²) in [5.74, 6) is -0.459. The molecule has 0 amide bonds. The van der Waals surface area contributed by atoms with Gasteiger partial charge in [-0.15, -0.1) is 11.3 Å². The highest BCUT2D eigenvalue weighted by Gasteiger charge is 2.09. The summed E-state index contributed by atoms with van der Waals surface area (Å²) < 4.78 is 13.6. The molecule has 0 atom stereocenters. The Hall–Kier alpha value is -1.86. The summed E-state index contributed by atoms with van der Waals surface area (Å²) in [5, 5.41) is 10.7. The average molecular weight is 260 g/mol. The molecule has 0 bridgehead atoms. The van der Waals surface area contributed by atoms with E-state index in [0.717, 1.165) is 18.8 Å². The van der Waals surface area contributed by atoms with Crippen LogP contribution in [0.15, 0.2) is 35.7 Å². The minimum atomic E-state index is -0.459. The fourth-order valence-electron chi connectivity index (χ4n) is 1.77. The highest BCUT2D eigenvalue weighted by Crippen LogP contribution is 2.21. The molecule has 0 aliphatic rings. The summed E-state index contributed by atoms with van der Waals surface area (Å²) in [6.45, 7) is 3.59. The maximum absolute atomic E-state index is 13.6. The summed E-state index contributed by atoms with van der Waals surface area (Å²) in [6, 6.07) is 10.6. The van der Waals surface area contributed by atoms with Gasteiger partial charge in [-0.25, -0.2) is 4.39 Å². The van der Waals surface area contributed by atoms with Crippen molar-refractivity contribution in [1.29, 1.82) is 5.26 Å². The molecule has 0 unspecified atom stereocenters. The van der Waals surface area contributed by atoms with Crippen molar-refractivity contribution in [1.82, 2.24) is 0 Å².